The Kier molecular flexibility index (Phi) is 3.93. The predicted octanol–water partition coefficient (Wildman–Crippen LogP) is 3.74. The van der Waals surface area contributed by atoms with E-state index in [1.807, 2.05) is 0 Å². The lowest BCUT2D eigenvalue weighted by molar-refractivity contribution is 0.286. The lowest BCUT2D eigenvalue weighted by atomic mass is 9.81. The van der Waals surface area contributed by atoms with E-state index in [0.29, 0.717) is 6.04 Å². The van der Waals surface area contributed by atoms with Crippen LogP contribution in [0, 0.1) is 5.92 Å². The van der Waals surface area contributed by atoms with Crippen LogP contribution in [-0.2, 0) is 0 Å². The predicted molar refractivity (Wildman–Crippen MR) is 75.8 cm³/mol. The largest absolute Gasteiger partial charge is 0.383 e. The molecule has 1 N–H and O–H groups in total. The van der Waals surface area contributed by atoms with Crippen LogP contribution in [0.2, 0.25) is 0 Å². The van der Waals surface area contributed by atoms with Crippen LogP contribution in [0.15, 0.2) is 24.3 Å². The summed E-state index contributed by atoms with van der Waals surface area (Å²) in [7, 11) is 4.16. The molecular formula is C15H24N2. The van der Waals surface area contributed by atoms with Gasteiger partial charge in [0.1, 0.15) is 0 Å². The number of nitrogens with one attached hydrogen (secondary N) is 1. The summed E-state index contributed by atoms with van der Waals surface area (Å²) < 4.78 is 0. The molecule has 1 fully saturated rings. The Bertz CT molecular complexity index is 356. The van der Waals surface area contributed by atoms with Gasteiger partial charge in [-0.3, -0.25) is 0 Å². The molecule has 0 spiro atoms. The van der Waals surface area contributed by atoms with E-state index in [4.69, 9.17) is 0 Å². The zero-order valence-corrected chi connectivity index (χ0v) is 11.2. The summed E-state index contributed by atoms with van der Waals surface area (Å²) in [6.45, 7) is 2.29. The SMILES string of the molecule is CC(CC1CCC1)Nc1cccc(N(C)C)c1. The van der Waals surface area contributed by atoms with Gasteiger partial charge in [0.05, 0.1) is 0 Å². The summed E-state index contributed by atoms with van der Waals surface area (Å²) in [4.78, 5) is 2.14. The molecule has 2 heteroatoms. The van der Waals surface area contributed by atoms with E-state index in [0.717, 1.165) is 5.92 Å². The van der Waals surface area contributed by atoms with E-state index in [1.165, 1.54) is 37.1 Å². The fourth-order valence-corrected chi connectivity index (χ4v) is 2.45. The van der Waals surface area contributed by atoms with Crippen LogP contribution in [0.1, 0.15) is 32.6 Å². The molecule has 94 valence electrons. The summed E-state index contributed by atoms with van der Waals surface area (Å²) in [6, 6.07) is 9.22. The first-order valence-corrected chi connectivity index (χ1v) is 6.69. The van der Waals surface area contributed by atoms with Gasteiger partial charge in [-0.15, -0.1) is 0 Å². The van der Waals surface area contributed by atoms with Gasteiger partial charge in [0.2, 0.25) is 0 Å². The summed E-state index contributed by atoms with van der Waals surface area (Å²) in [6.07, 6.45) is 5.62. The van der Waals surface area contributed by atoms with E-state index >= 15 is 0 Å². The van der Waals surface area contributed by atoms with Crippen molar-refractivity contribution in [2.75, 3.05) is 24.3 Å². The number of hydrogen-bond donors (Lipinski definition) is 1. The smallest absolute Gasteiger partial charge is 0.0381 e. The third-order valence-corrected chi connectivity index (χ3v) is 3.69. The molecule has 2 rings (SSSR count). The first-order valence-electron chi connectivity index (χ1n) is 6.69. The summed E-state index contributed by atoms with van der Waals surface area (Å²) in [5.74, 6) is 0.967. The van der Waals surface area contributed by atoms with Crippen molar-refractivity contribution in [1.82, 2.24) is 0 Å². The normalized spacial score (nSPS) is 17.4. The Morgan fingerprint density at radius 2 is 2.12 bits per heavy atom. The molecule has 17 heavy (non-hydrogen) atoms. The highest BCUT2D eigenvalue weighted by Gasteiger charge is 2.19. The molecule has 1 unspecified atom stereocenters. The first kappa shape index (κ1) is 12.3. The maximum absolute atomic E-state index is 3.61. The second-order valence-corrected chi connectivity index (χ2v) is 5.52. The van der Waals surface area contributed by atoms with Crippen LogP contribution in [0.5, 0.6) is 0 Å². The van der Waals surface area contributed by atoms with Gasteiger partial charge in [-0.2, -0.15) is 0 Å². The van der Waals surface area contributed by atoms with E-state index in [-0.39, 0.29) is 0 Å². The van der Waals surface area contributed by atoms with Gasteiger partial charge in [0.15, 0.2) is 0 Å². The molecule has 1 aliphatic carbocycles. The Morgan fingerprint density at radius 3 is 2.71 bits per heavy atom. The minimum atomic E-state index is 0.581. The van der Waals surface area contributed by atoms with Crippen LogP contribution < -0.4 is 10.2 Å². The molecule has 0 aromatic heterocycles. The molecule has 1 aliphatic rings. The van der Waals surface area contributed by atoms with E-state index in [2.05, 4.69) is 55.5 Å². The second kappa shape index (κ2) is 5.44. The first-order chi connectivity index (χ1) is 8.15. The molecule has 1 aromatic rings. The van der Waals surface area contributed by atoms with Gasteiger partial charge < -0.3 is 10.2 Å². The Labute approximate surface area is 105 Å². The van der Waals surface area contributed by atoms with Crippen molar-refractivity contribution in [3.05, 3.63) is 24.3 Å². The third-order valence-electron chi connectivity index (χ3n) is 3.69. The average Bonchev–Trinajstić information content (AvgIpc) is 2.24. The summed E-state index contributed by atoms with van der Waals surface area (Å²) in [5, 5.41) is 3.61. The summed E-state index contributed by atoms with van der Waals surface area (Å²) in [5.41, 5.74) is 2.49. The van der Waals surface area contributed by atoms with Gasteiger partial charge in [-0.05, 0) is 37.5 Å². The quantitative estimate of drug-likeness (QED) is 0.832. The Hall–Kier alpha value is -1.18. The van der Waals surface area contributed by atoms with Gasteiger partial charge in [0.25, 0.3) is 0 Å². The van der Waals surface area contributed by atoms with E-state index in [9.17, 15) is 0 Å². The lowest BCUT2D eigenvalue weighted by Gasteiger charge is -2.29. The van der Waals surface area contributed by atoms with Crippen molar-refractivity contribution >= 4 is 11.4 Å². The standard InChI is InChI=1S/C15H24N2/c1-12(10-13-6-4-7-13)16-14-8-5-9-15(11-14)17(2)3/h5,8-9,11-13,16H,4,6-7,10H2,1-3H3. The second-order valence-electron chi connectivity index (χ2n) is 5.52. The molecule has 0 aliphatic heterocycles. The van der Waals surface area contributed by atoms with Crippen molar-refractivity contribution < 1.29 is 0 Å². The zero-order chi connectivity index (χ0) is 12.3. The van der Waals surface area contributed by atoms with Crippen molar-refractivity contribution in [3.8, 4) is 0 Å². The van der Waals surface area contributed by atoms with Crippen LogP contribution in [0.4, 0.5) is 11.4 Å². The van der Waals surface area contributed by atoms with Crippen molar-refractivity contribution in [2.24, 2.45) is 5.92 Å². The minimum Gasteiger partial charge on any atom is -0.383 e. The Balaban J connectivity index is 1.90. The van der Waals surface area contributed by atoms with Crippen LogP contribution >= 0.6 is 0 Å². The van der Waals surface area contributed by atoms with Crippen LogP contribution in [-0.4, -0.2) is 20.1 Å². The molecule has 0 amide bonds. The molecule has 2 nitrogen and oxygen atoms in total. The molecule has 1 saturated carbocycles. The van der Waals surface area contributed by atoms with E-state index in [1.54, 1.807) is 0 Å². The maximum atomic E-state index is 3.61. The van der Waals surface area contributed by atoms with Crippen LogP contribution in [0.25, 0.3) is 0 Å². The fourth-order valence-electron chi connectivity index (χ4n) is 2.45. The maximum Gasteiger partial charge on any atom is 0.0381 e. The number of hydrogen-bond acceptors (Lipinski definition) is 2. The number of benzene rings is 1. The molecular weight excluding hydrogens is 208 g/mol. The molecule has 0 bridgehead atoms. The van der Waals surface area contributed by atoms with Crippen molar-refractivity contribution in [2.45, 2.75) is 38.6 Å². The molecule has 0 saturated heterocycles. The topological polar surface area (TPSA) is 15.3 Å². The number of rotatable bonds is 5. The van der Waals surface area contributed by atoms with E-state index < -0.39 is 0 Å². The highest BCUT2D eigenvalue weighted by atomic mass is 15.1. The van der Waals surface area contributed by atoms with Gasteiger partial charge >= 0.3 is 0 Å². The monoisotopic (exact) mass is 232 g/mol. The van der Waals surface area contributed by atoms with Crippen molar-refractivity contribution in [1.29, 1.82) is 0 Å². The fraction of sp³-hybridized carbons (Fsp3) is 0.600. The minimum absolute atomic E-state index is 0.581. The molecule has 1 aromatic carbocycles. The summed E-state index contributed by atoms with van der Waals surface area (Å²) >= 11 is 0. The number of anilines is 2. The molecule has 0 heterocycles. The van der Waals surface area contributed by atoms with Gasteiger partial charge in [-0.25, -0.2) is 0 Å². The molecule has 1 atom stereocenters. The van der Waals surface area contributed by atoms with Gasteiger partial charge in [0, 0.05) is 31.5 Å². The highest BCUT2D eigenvalue weighted by molar-refractivity contribution is 5.57. The highest BCUT2D eigenvalue weighted by Crippen LogP contribution is 2.31. The van der Waals surface area contributed by atoms with Crippen molar-refractivity contribution in [3.63, 3.8) is 0 Å². The molecule has 0 radical (unpaired) electrons. The number of nitrogens with zero attached hydrogens (tertiary/aromatic N) is 1. The Morgan fingerprint density at radius 1 is 1.35 bits per heavy atom. The zero-order valence-electron chi connectivity index (χ0n) is 11.2. The lowest BCUT2D eigenvalue weighted by Crippen LogP contribution is -2.23. The van der Waals surface area contributed by atoms with Gasteiger partial charge in [-0.1, -0.05) is 25.3 Å². The van der Waals surface area contributed by atoms with Crippen LogP contribution in [0.3, 0.4) is 0 Å². The average molecular weight is 232 g/mol. The third kappa shape index (κ3) is 3.39.